The van der Waals surface area contributed by atoms with E-state index in [0.717, 1.165) is 4.88 Å². The second-order valence-corrected chi connectivity index (χ2v) is 5.88. The molecule has 1 aromatic carbocycles. The SMILES string of the molecule is Cc1ccc(C(=O)NCc2nc(-c3cccs3)no2)cc1[N+](=O)[O-]. The van der Waals surface area contributed by atoms with Gasteiger partial charge in [-0.05, 0) is 24.4 Å². The first-order chi connectivity index (χ1) is 11.5. The smallest absolute Gasteiger partial charge is 0.273 e. The predicted octanol–water partition coefficient (Wildman–Crippen LogP) is 2.94. The molecule has 8 nitrogen and oxygen atoms in total. The zero-order chi connectivity index (χ0) is 17.1. The monoisotopic (exact) mass is 344 g/mol. The Labute approximate surface area is 140 Å². The summed E-state index contributed by atoms with van der Waals surface area (Å²) in [5, 5.41) is 19.3. The van der Waals surface area contributed by atoms with Gasteiger partial charge >= 0.3 is 0 Å². The molecule has 2 heterocycles. The van der Waals surface area contributed by atoms with Gasteiger partial charge in [0.15, 0.2) is 0 Å². The third-order valence-electron chi connectivity index (χ3n) is 3.28. The molecular weight excluding hydrogens is 332 g/mol. The van der Waals surface area contributed by atoms with Gasteiger partial charge in [0.25, 0.3) is 11.6 Å². The lowest BCUT2D eigenvalue weighted by molar-refractivity contribution is -0.385. The van der Waals surface area contributed by atoms with Crippen LogP contribution in [0.5, 0.6) is 0 Å². The minimum Gasteiger partial charge on any atom is -0.343 e. The molecule has 0 bridgehead atoms. The molecule has 3 rings (SSSR count). The van der Waals surface area contributed by atoms with E-state index in [0.29, 0.717) is 11.4 Å². The van der Waals surface area contributed by atoms with Crippen molar-refractivity contribution in [2.24, 2.45) is 0 Å². The Bertz CT molecular complexity index is 889. The molecule has 3 aromatic rings. The number of carbonyl (C=O) groups is 1. The molecule has 0 fully saturated rings. The first kappa shape index (κ1) is 15.8. The van der Waals surface area contributed by atoms with Crippen LogP contribution in [-0.4, -0.2) is 21.0 Å². The van der Waals surface area contributed by atoms with Crippen LogP contribution in [0.25, 0.3) is 10.7 Å². The molecule has 9 heteroatoms. The molecule has 0 saturated carbocycles. The Morgan fingerprint density at radius 2 is 2.25 bits per heavy atom. The Kier molecular flexibility index (Phi) is 4.34. The minimum absolute atomic E-state index is 0.0406. The van der Waals surface area contributed by atoms with E-state index in [1.807, 2.05) is 17.5 Å². The van der Waals surface area contributed by atoms with E-state index in [2.05, 4.69) is 15.5 Å². The summed E-state index contributed by atoms with van der Waals surface area (Å²) in [4.78, 5) is 27.6. The molecule has 0 radical (unpaired) electrons. The molecule has 0 unspecified atom stereocenters. The number of nitrogens with one attached hydrogen (secondary N) is 1. The topological polar surface area (TPSA) is 111 Å². The van der Waals surface area contributed by atoms with Crippen LogP contribution < -0.4 is 5.32 Å². The summed E-state index contributed by atoms with van der Waals surface area (Å²) in [5.41, 5.74) is 0.597. The first-order valence-electron chi connectivity index (χ1n) is 6.94. The van der Waals surface area contributed by atoms with E-state index in [1.54, 1.807) is 6.92 Å². The molecule has 0 atom stereocenters. The molecule has 0 aliphatic rings. The average molecular weight is 344 g/mol. The largest absolute Gasteiger partial charge is 0.343 e. The number of carbonyl (C=O) groups excluding carboxylic acids is 1. The highest BCUT2D eigenvalue weighted by Gasteiger charge is 2.16. The molecule has 0 saturated heterocycles. The van der Waals surface area contributed by atoms with E-state index < -0.39 is 10.8 Å². The minimum atomic E-state index is -0.516. The highest BCUT2D eigenvalue weighted by atomic mass is 32.1. The maximum atomic E-state index is 12.1. The Balaban J connectivity index is 1.68. The van der Waals surface area contributed by atoms with Crippen LogP contribution in [0.2, 0.25) is 0 Å². The average Bonchev–Trinajstić information content (AvgIpc) is 3.24. The number of benzene rings is 1. The summed E-state index contributed by atoms with van der Waals surface area (Å²) < 4.78 is 5.08. The summed E-state index contributed by atoms with van der Waals surface area (Å²) >= 11 is 1.48. The number of aromatic nitrogens is 2. The molecular formula is C15H12N4O4S. The summed E-state index contributed by atoms with van der Waals surface area (Å²) in [5.74, 6) is 0.266. The van der Waals surface area contributed by atoms with Crippen LogP contribution in [0, 0.1) is 17.0 Å². The lowest BCUT2D eigenvalue weighted by Gasteiger charge is -2.03. The van der Waals surface area contributed by atoms with Gasteiger partial charge in [-0.15, -0.1) is 11.3 Å². The van der Waals surface area contributed by atoms with Crippen molar-refractivity contribution >= 4 is 22.9 Å². The summed E-state index contributed by atoms with van der Waals surface area (Å²) in [7, 11) is 0. The lowest BCUT2D eigenvalue weighted by atomic mass is 10.1. The maximum absolute atomic E-state index is 12.1. The fourth-order valence-electron chi connectivity index (χ4n) is 2.04. The number of nitro benzene ring substituents is 1. The zero-order valence-electron chi connectivity index (χ0n) is 12.6. The fourth-order valence-corrected chi connectivity index (χ4v) is 2.69. The molecule has 0 aliphatic carbocycles. The molecule has 24 heavy (non-hydrogen) atoms. The second kappa shape index (κ2) is 6.59. The van der Waals surface area contributed by atoms with E-state index in [1.165, 1.54) is 29.5 Å². The Morgan fingerprint density at radius 1 is 1.42 bits per heavy atom. The van der Waals surface area contributed by atoms with Crippen LogP contribution in [0.4, 0.5) is 5.69 Å². The van der Waals surface area contributed by atoms with Crippen molar-refractivity contribution in [2.45, 2.75) is 13.5 Å². The van der Waals surface area contributed by atoms with Gasteiger partial charge in [0.2, 0.25) is 11.7 Å². The molecule has 1 amide bonds. The molecule has 2 aromatic heterocycles. The zero-order valence-corrected chi connectivity index (χ0v) is 13.4. The maximum Gasteiger partial charge on any atom is 0.273 e. The first-order valence-corrected chi connectivity index (χ1v) is 7.82. The van der Waals surface area contributed by atoms with Gasteiger partial charge in [0.05, 0.1) is 16.3 Å². The molecule has 1 N–H and O–H groups in total. The highest BCUT2D eigenvalue weighted by Crippen LogP contribution is 2.21. The standard InChI is InChI=1S/C15H12N4O4S/c1-9-4-5-10(7-11(9)19(21)22)15(20)16-8-13-17-14(18-23-13)12-3-2-6-24-12/h2-7H,8H2,1H3,(H,16,20). The van der Waals surface area contributed by atoms with Crippen molar-refractivity contribution in [3.63, 3.8) is 0 Å². The van der Waals surface area contributed by atoms with Gasteiger partial charge in [-0.1, -0.05) is 17.3 Å². The van der Waals surface area contributed by atoms with Crippen molar-refractivity contribution in [3.8, 4) is 10.7 Å². The van der Waals surface area contributed by atoms with Gasteiger partial charge in [0, 0.05) is 17.2 Å². The van der Waals surface area contributed by atoms with E-state index >= 15 is 0 Å². The Morgan fingerprint density at radius 3 is 2.96 bits per heavy atom. The number of nitrogens with zero attached hydrogens (tertiary/aromatic N) is 3. The third-order valence-corrected chi connectivity index (χ3v) is 4.14. The lowest BCUT2D eigenvalue weighted by Crippen LogP contribution is -2.23. The van der Waals surface area contributed by atoms with E-state index in [4.69, 9.17) is 4.52 Å². The van der Waals surface area contributed by atoms with Gasteiger partial charge in [-0.25, -0.2) is 0 Å². The van der Waals surface area contributed by atoms with E-state index in [9.17, 15) is 14.9 Å². The van der Waals surface area contributed by atoms with Gasteiger partial charge < -0.3 is 9.84 Å². The summed E-state index contributed by atoms with van der Waals surface area (Å²) in [6.45, 7) is 1.66. The van der Waals surface area contributed by atoms with Gasteiger partial charge in [-0.2, -0.15) is 4.98 Å². The van der Waals surface area contributed by atoms with Crippen molar-refractivity contribution in [2.75, 3.05) is 0 Å². The van der Waals surface area contributed by atoms with Gasteiger partial charge in [0.1, 0.15) is 0 Å². The van der Waals surface area contributed by atoms with Crippen LogP contribution in [0.15, 0.2) is 40.2 Å². The van der Waals surface area contributed by atoms with E-state index in [-0.39, 0.29) is 23.7 Å². The van der Waals surface area contributed by atoms with Crippen molar-refractivity contribution in [1.29, 1.82) is 0 Å². The van der Waals surface area contributed by atoms with Crippen molar-refractivity contribution in [3.05, 3.63) is 62.8 Å². The molecule has 0 aliphatic heterocycles. The number of nitro groups is 1. The quantitative estimate of drug-likeness (QED) is 0.562. The number of hydrogen-bond donors (Lipinski definition) is 1. The van der Waals surface area contributed by atoms with Crippen molar-refractivity contribution < 1.29 is 14.2 Å². The molecule has 0 spiro atoms. The van der Waals surface area contributed by atoms with Crippen LogP contribution in [-0.2, 0) is 6.54 Å². The Hall–Kier alpha value is -3.07. The molecule has 122 valence electrons. The number of amides is 1. The van der Waals surface area contributed by atoms with Crippen LogP contribution >= 0.6 is 11.3 Å². The third kappa shape index (κ3) is 3.30. The number of aryl methyl sites for hydroxylation is 1. The van der Waals surface area contributed by atoms with Crippen molar-refractivity contribution in [1.82, 2.24) is 15.5 Å². The second-order valence-electron chi connectivity index (χ2n) is 4.93. The fraction of sp³-hybridized carbons (Fsp3) is 0.133. The predicted molar refractivity (Wildman–Crippen MR) is 86.6 cm³/mol. The van der Waals surface area contributed by atoms with Gasteiger partial charge in [-0.3, -0.25) is 14.9 Å². The normalized spacial score (nSPS) is 10.5. The summed E-state index contributed by atoms with van der Waals surface area (Å²) in [6, 6.07) is 8.05. The van der Waals surface area contributed by atoms with Crippen LogP contribution in [0.1, 0.15) is 21.8 Å². The number of thiophene rings is 1. The number of hydrogen-bond acceptors (Lipinski definition) is 7. The highest BCUT2D eigenvalue weighted by molar-refractivity contribution is 7.13. The number of rotatable bonds is 5. The van der Waals surface area contributed by atoms with Crippen LogP contribution in [0.3, 0.4) is 0 Å². The summed E-state index contributed by atoms with van der Waals surface area (Å²) in [6.07, 6.45) is 0.